The molecule has 0 aromatic heterocycles. The molecule has 0 saturated heterocycles. The largest absolute Gasteiger partial charge is 0.461 e. The van der Waals surface area contributed by atoms with Crippen LogP contribution in [0.5, 0.6) is 11.5 Å². The summed E-state index contributed by atoms with van der Waals surface area (Å²) in [5.74, 6) is -0.196. The molecule has 0 aliphatic carbocycles. The number of hydrogen-bond donors (Lipinski definition) is 1. The average molecular weight is 459 g/mol. The average Bonchev–Trinajstić information content (AvgIpc) is 2.87. The van der Waals surface area contributed by atoms with E-state index in [-0.39, 0.29) is 6.61 Å². The fourth-order valence-corrected chi connectivity index (χ4v) is 3.34. The second-order valence-corrected chi connectivity index (χ2v) is 7.31. The summed E-state index contributed by atoms with van der Waals surface area (Å²) in [6.07, 6.45) is 1.72. The standard InChI is InChI=1S/C28H26O6/c1-4-19-17-22(11-16-25(19)21-9-14-23(15-10-21)33-27(30)6-3)20-7-12-24(13-8-20)34-28(31)18-32-26(29)5-2/h5-17,28,31H,2-4,18H2,1H3. The minimum Gasteiger partial charge on any atom is -0.461 e. The Kier molecular flexibility index (Phi) is 8.37. The lowest BCUT2D eigenvalue weighted by Gasteiger charge is -2.14. The second-order valence-electron chi connectivity index (χ2n) is 7.31. The molecule has 6 heteroatoms. The lowest BCUT2D eigenvalue weighted by Crippen LogP contribution is -2.23. The number of aryl methyl sites for hydroxylation is 1. The summed E-state index contributed by atoms with van der Waals surface area (Å²) in [5.41, 5.74) is 5.34. The molecule has 3 rings (SSSR count). The van der Waals surface area contributed by atoms with E-state index >= 15 is 0 Å². The topological polar surface area (TPSA) is 82.1 Å². The highest BCUT2D eigenvalue weighted by molar-refractivity contribution is 5.83. The van der Waals surface area contributed by atoms with Crippen LogP contribution in [0.25, 0.3) is 22.3 Å². The van der Waals surface area contributed by atoms with Gasteiger partial charge in [-0.1, -0.05) is 62.5 Å². The van der Waals surface area contributed by atoms with Crippen molar-refractivity contribution >= 4 is 11.9 Å². The van der Waals surface area contributed by atoms with Crippen LogP contribution in [-0.2, 0) is 20.7 Å². The molecular weight excluding hydrogens is 432 g/mol. The smallest absolute Gasteiger partial charge is 0.335 e. The van der Waals surface area contributed by atoms with Crippen LogP contribution < -0.4 is 9.47 Å². The Balaban J connectivity index is 1.72. The highest BCUT2D eigenvalue weighted by Gasteiger charge is 2.10. The van der Waals surface area contributed by atoms with Crippen LogP contribution in [0.3, 0.4) is 0 Å². The normalized spacial score (nSPS) is 11.2. The Labute approximate surface area is 198 Å². The summed E-state index contributed by atoms with van der Waals surface area (Å²) in [5, 5.41) is 9.85. The molecule has 0 radical (unpaired) electrons. The Hall–Kier alpha value is -4.16. The molecule has 0 fully saturated rings. The van der Waals surface area contributed by atoms with Gasteiger partial charge in [-0.3, -0.25) is 0 Å². The highest BCUT2D eigenvalue weighted by Crippen LogP contribution is 2.31. The molecule has 1 atom stereocenters. The third kappa shape index (κ3) is 6.43. The van der Waals surface area contributed by atoms with Crippen molar-refractivity contribution in [1.29, 1.82) is 0 Å². The van der Waals surface area contributed by atoms with E-state index in [1.807, 2.05) is 30.3 Å². The van der Waals surface area contributed by atoms with Crippen molar-refractivity contribution in [2.24, 2.45) is 0 Å². The van der Waals surface area contributed by atoms with Crippen LogP contribution in [0.4, 0.5) is 0 Å². The minimum absolute atomic E-state index is 0.286. The van der Waals surface area contributed by atoms with Crippen molar-refractivity contribution in [1.82, 2.24) is 0 Å². The monoisotopic (exact) mass is 458 g/mol. The van der Waals surface area contributed by atoms with Crippen LogP contribution in [0.1, 0.15) is 12.5 Å². The lowest BCUT2D eigenvalue weighted by atomic mass is 9.93. The maximum atomic E-state index is 11.4. The molecule has 0 aliphatic heterocycles. The lowest BCUT2D eigenvalue weighted by molar-refractivity contribution is -0.147. The highest BCUT2D eigenvalue weighted by atomic mass is 16.6. The zero-order valence-corrected chi connectivity index (χ0v) is 18.9. The number of esters is 2. The predicted octanol–water partition coefficient (Wildman–Crippen LogP) is 5.10. The first kappa shape index (κ1) is 24.5. The van der Waals surface area contributed by atoms with Crippen molar-refractivity contribution < 1.29 is 28.9 Å². The molecule has 0 bridgehead atoms. The van der Waals surface area contributed by atoms with Gasteiger partial charge in [0.25, 0.3) is 0 Å². The van der Waals surface area contributed by atoms with E-state index in [1.54, 1.807) is 24.3 Å². The Bertz CT molecular complexity index is 1160. The molecule has 0 spiro atoms. The quantitative estimate of drug-likeness (QED) is 0.197. The van der Waals surface area contributed by atoms with E-state index in [0.717, 1.165) is 40.8 Å². The van der Waals surface area contributed by atoms with Gasteiger partial charge in [0.15, 0.2) is 6.61 Å². The van der Waals surface area contributed by atoms with Gasteiger partial charge in [-0.05, 0) is 58.5 Å². The minimum atomic E-state index is -1.27. The number of benzene rings is 3. The molecule has 3 aromatic carbocycles. The van der Waals surface area contributed by atoms with Crippen molar-refractivity contribution in [2.45, 2.75) is 19.6 Å². The van der Waals surface area contributed by atoms with Gasteiger partial charge in [0.2, 0.25) is 6.29 Å². The number of rotatable bonds is 10. The molecule has 174 valence electrons. The van der Waals surface area contributed by atoms with Crippen LogP contribution in [0, 0.1) is 0 Å². The summed E-state index contributed by atoms with van der Waals surface area (Å²) in [7, 11) is 0. The Morgan fingerprint density at radius 2 is 1.44 bits per heavy atom. The Morgan fingerprint density at radius 3 is 2.06 bits per heavy atom. The van der Waals surface area contributed by atoms with Gasteiger partial charge in [0, 0.05) is 12.2 Å². The number of aliphatic hydroxyl groups is 1. The maximum absolute atomic E-state index is 11.4. The first-order chi connectivity index (χ1) is 16.4. The number of carbonyl (C=O) groups excluding carboxylic acids is 2. The van der Waals surface area contributed by atoms with E-state index in [4.69, 9.17) is 14.2 Å². The van der Waals surface area contributed by atoms with Crippen LogP contribution in [0.2, 0.25) is 0 Å². The van der Waals surface area contributed by atoms with Gasteiger partial charge in [0.05, 0.1) is 0 Å². The third-order valence-electron chi connectivity index (χ3n) is 5.03. The zero-order chi connectivity index (χ0) is 24.5. The molecule has 34 heavy (non-hydrogen) atoms. The van der Waals surface area contributed by atoms with Gasteiger partial charge >= 0.3 is 11.9 Å². The van der Waals surface area contributed by atoms with E-state index in [0.29, 0.717) is 11.5 Å². The molecule has 0 heterocycles. The number of carbonyl (C=O) groups is 2. The summed E-state index contributed by atoms with van der Waals surface area (Å²) in [4.78, 5) is 22.4. The summed E-state index contributed by atoms with van der Waals surface area (Å²) in [6, 6.07) is 20.9. The molecule has 0 saturated carbocycles. The molecule has 1 N–H and O–H groups in total. The Morgan fingerprint density at radius 1 is 0.853 bits per heavy atom. The van der Waals surface area contributed by atoms with Gasteiger partial charge < -0.3 is 19.3 Å². The number of hydrogen-bond acceptors (Lipinski definition) is 6. The summed E-state index contributed by atoms with van der Waals surface area (Å²) < 4.78 is 15.3. The second kappa shape index (κ2) is 11.6. The number of ether oxygens (including phenoxy) is 3. The third-order valence-corrected chi connectivity index (χ3v) is 5.03. The molecule has 3 aromatic rings. The molecule has 1 unspecified atom stereocenters. The molecular formula is C28H26O6. The molecule has 0 aliphatic rings. The van der Waals surface area contributed by atoms with Crippen molar-refractivity contribution in [3.8, 4) is 33.8 Å². The van der Waals surface area contributed by atoms with Crippen molar-refractivity contribution in [2.75, 3.05) is 6.61 Å². The van der Waals surface area contributed by atoms with Crippen molar-refractivity contribution in [3.63, 3.8) is 0 Å². The number of aliphatic hydroxyl groups excluding tert-OH is 1. The zero-order valence-electron chi connectivity index (χ0n) is 18.9. The predicted molar refractivity (Wildman–Crippen MR) is 130 cm³/mol. The van der Waals surface area contributed by atoms with Crippen LogP contribution in [0.15, 0.2) is 92.0 Å². The fourth-order valence-electron chi connectivity index (χ4n) is 3.34. The van der Waals surface area contributed by atoms with Crippen LogP contribution >= 0.6 is 0 Å². The van der Waals surface area contributed by atoms with Gasteiger partial charge in [-0.2, -0.15) is 0 Å². The first-order valence-corrected chi connectivity index (χ1v) is 10.8. The van der Waals surface area contributed by atoms with E-state index < -0.39 is 18.2 Å². The van der Waals surface area contributed by atoms with E-state index in [9.17, 15) is 14.7 Å². The van der Waals surface area contributed by atoms with Gasteiger partial charge in [-0.15, -0.1) is 0 Å². The van der Waals surface area contributed by atoms with Gasteiger partial charge in [-0.25, -0.2) is 9.59 Å². The van der Waals surface area contributed by atoms with E-state index in [2.05, 4.69) is 32.2 Å². The maximum Gasteiger partial charge on any atom is 0.335 e. The summed E-state index contributed by atoms with van der Waals surface area (Å²) in [6.45, 7) is 8.51. The SMILES string of the molecule is C=CC(=O)OCC(O)Oc1ccc(-c2ccc(-c3ccc(OC(=O)C=C)cc3)c(CC)c2)cc1. The first-order valence-electron chi connectivity index (χ1n) is 10.8. The summed E-state index contributed by atoms with van der Waals surface area (Å²) >= 11 is 0. The molecule has 0 amide bonds. The fraction of sp³-hybridized carbons (Fsp3) is 0.143. The van der Waals surface area contributed by atoms with E-state index in [1.165, 1.54) is 5.56 Å². The van der Waals surface area contributed by atoms with Crippen molar-refractivity contribution in [3.05, 3.63) is 97.6 Å². The molecule has 6 nitrogen and oxygen atoms in total. The van der Waals surface area contributed by atoms with Crippen LogP contribution in [-0.4, -0.2) is 29.9 Å². The van der Waals surface area contributed by atoms with Gasteiger partial charge in [0.1, 0.15) is 11.5 Å².